The maximum atomic E-state index is 13.7. The maximum Gasteiger partial charge on any atom is 0.244 e. The molecule has 0 fully saturated rings. The highest BCUT2D eigenvalue weighted by Gasteiger charge is 2.32. The van der Waals surface area contributed by atoms with Gasteiger partial charge in [0, 0.05) is 13.1 Å². The molecule has 0 aliphatic rings. The monoisotopic (exact) mass is 487 g/mol. The lowest BCUT2D eigenvalue weighted by atomic mass is 10.1. The van der Waals surface area contributed by atoms with Gasteiger partial charge in [0.1, 0.15) is 12.6 Å². The van der Waals surface area contributed by atoms with Crippen LogP contribution < -0.4 is 9.62 Å². The van der Waals surface area contributed by atoms with Gasteiger partial charge in [0.15, 0.2) is 0 Å². The first-order chi connectivity index (χ1) is 15.9. The number of benzene rings is 2. The lowest BCUT2D eigenvalue weighted by Crippen LogP contribution is -2.52. The highest BCUT2D eigenvalue weighted by atomic mass is 32.2. The molecule has 2 amide bonds. The molecule has 2 rings (SSSR count). The van der Waals surface area contributed by atoms with Gasteiger partial charge in [-0.15, -0.1) is 0 Å². The first kappa shape index (κ1) is 27.4. The fraction of sp³-hybridized carbons (Fsp3) is 0.462. The fourth-order valence-corrected chi connectivity index (χ4v) is 4.60. The summed E-state index contributed by atoms with van der Waals surface area (Å²) < 4.78 is 26.6. The molecule has 0 bridgehead atoms. The molecule has 0 aromatic heterocycles. The third kappa shape index (κ3) is 7.58. The lowest BCUT2D eigenvalue weighted by molar-refractivity contribution is -0.140. The molecule has 0 spiro atoms. The molecule has 0 aliphatic carbocycles. The van der Waals surface area contributed by atoms with E-state index in [9.17, 15) is 18.0 Å². The van der Waals surface area contributed by atoms with Crippen LogP contribution in [0.15, 0.2) is 48.5 Å². The van der Waals surface area contributed by atoms with Crippen LogP contribution in [0.2, 0.25) is 0 Å². The minimum atomic E-state index is -3.75. The Balaban J connectivity index is 2.43. The highest BCUT2D eigenvalue weighted by Crippen LogP contribution is 2.25. The van der Waals surface area contributed by atoms with Gasteiger partial charge in [-0.25, -0.2) is 8.42 Å². The SMILES string of the molecule is CC[C@H](C(=O)NCC(C)C)N(Cc1ccccc1)C(=O)CN(c1cc(C)ccc1C)S(C)(=O)=O. The van der Waals surface area contributed by atoms with Crippen LogP contribution in [0, 0.1) is 19.8 Å². The molecule has 0 aliphatic heterocycles. The molecule has 7 nitrogen and oxygen atoms in total. The zero-order chi connectivity index (χ0) is 25.5. The molecule has 2 aromatic rings. The lowest BCUT2D eigenvalue weighted by Gasteiger charge is -2.33. The summed E-state index contributed by atoms with van der Waals surface area (Å²) in [5.74, 6) is -0.399. The zero-order valence-corrected chi connectivity index (χ0v) is 21.9. The summed E-state index contributed by atoms with van der Waals surface area (Å²) in [5.41, 5.74) is 2.97. The van der Waals surface area contributed by atoms with Gasteiger partial charge in [-0.2, -0.15) is 0 Å². The van der Waals surface area contributed by atoms with Crippen molar-refractivity contribution in [2.75, 3.05) is 23.7 Å². The molecule has 0 saturated carbocycles. The topological polar surface area (TPSA) is 86.8 Å². The van der Waals surface area contributed by atoms with Gasteiger partial charge >= 0.3 is 0 Å². The van der Waals surface area contributed by atoms with Crippen molar-refractivity contribution in [2.45, 2.75) is 53.6 Å². The van der Waals surface area contributed by atoms with Crippen molar-refractivity contribution in [2.24, 2.45) is 5.92 Å². The number of carbonyl (C=O) groups excluding carboxylic acids is 2. The van der Waals surface area contributed by atoms with E-state index in [0.717, 1.165) is 27.3 Å². The molecule has 1 N–H and O–H groups in total. The van der Waals surface area contributed by atoms with E-state index < -0.39 is 22.0 Å². The number of rotatable bonds is 11. The Morgan fingerprint density at radius 3 is 2.24 bits per heavy atom. The van der Waals surface area contributed by atoms with Crippen LogP contribution in [0.3, 0.4) is 0 Å². The number of hydrogen-bond acceptors (Lipinski definition) is 4. The normalized spacial score (nSPS) is 12.3. The van der Waals surface area contributed by atoms with E-state index in [1.165, 1.54) is 4.90 Å². The fourth-order valence-electron chi connectivity index (χ4n) is 3.71. The summed E-state index contributed by atoms with van der Waals surface area (Å²) in [4.78, 5) is 28.2. The standard InChI is InChI=1S/C26H37N3O4S/c1-7-23(26(31)27-16-19(2)3)28(17-22-11-9-8-10-12-22)25(30)18-29(34(6,32)33)24-15-20(4)13-14-21(24)5/h8-15,19,23H,7,16-18H2,1-6H3,(H,27,31)/t23-/m1/s1. The van der Waals surface area contributed by atoms with Crippen LogP contribution in [0.25, 0.3) is 0 Å². The Morgan fingerprint density at radius 1 is 1.03 bits per heavy atom. The van der Waals surface area contributed by atoms with Crippen LogP contribution in [-0.4, -0.2) is 50.5 Å². The predicted molar refractivity (Wildman–Crippen MR) is 137 cm³/mol. The second-order valence-electron chi connectivity index (χ2n) is 9.13. The Kier molecular flexibility index (Phi) is 9.67. The Hall–Kier alpha value is -2.87. The third-order valence-corrected chi connectivity index (χ3v) is 6.71. The molecule has 0 radical (unpaired) electrons. The van der Waals surface area contributed by atoms with E-state index in [2.05, 4.69) is 5.32 Å². The number of carbonyl (C=O) groups is 2. The molecule has 0 heterocycles. The predicted octanol–water partition coefficient (Wildman–Crippen LogP) is 3.65. The Morgan fingerprint density at radius 2 is 1.68 bits per heavy atom. The minimum absolute atomic E-state index is 0.206. The van der Waals surface area contributed by atoms with Crippen molar-refractivity contribution >= 4 is 27.5 Å². The van der Waals surface area contributed by atoms with Crippen molar-refractivity contribution in [3.8, 4) is 0 Å². The average Bonchev–Trinajstić information content (AvgIpc) is 2.77. The van der Waals surface area contributed by atoms with Crippen molar-refractivity contribution in [3.05, 3.63) is 65.2 Å². The van der Waals surface area contributed by atoms with E-state index in [-0.39, 0.29) is 24.9 Å². The number of amides is 2. The van der Waals surface area contributed by atoms with E-state index in [4.69, 9.17) is 0 Å². The number of hydrogen-bond donors (Lipinski definition) is 1. The van der Waals surface area contributed by atoms with Gasteiger partial charge in [-0.3, -0.25) is 13.9 Å². The molecule has 1 atom stereocenters. The van der Waals surface area contributed by atoms with Crippen molar-refractivity contribution < 1.29 is 18.0 Å². The van der Waals surface area contributed by atoms with Crippen molar-refractivity contribution in [1.29, 1.82) is 0 Å². The van der Waals surface area contributed by atoms with Crippen LogP contribution in [0.1, 0.15) is 43.9 Å². The van der Waals surface area contributed by atoms with E-state index in [1.54, 1.807) is 6.07 Å². The maximum absolute atomic E-state index is 13.7. The number of aryl methyl sites for hydroxylation is 2. The molecule has 34 heavy (non-hydrogen) atoms. The number of nitrogens with one attached hydrogen (secondary N) is 1. The van der Waals surface area contributed by atoms with Gasteiger partial charge in [-0.05, 0) is 48.9 Å². The summed E-state index contributed by atoms with van der Waals surface area (Å²) in [7, 11) is -3.75. The minimum Gasteiger partial charge on any atom is -0.354 e. The second kappa shape index (κ2) is 12.0. The zero-order valence-electron chi connectivity index (χ0n) is 21.0. The van der Waals surface area contributed by atoms with Crippen LogP contribution in [0.5, 0.6) is 0 Å². The third-order valence-electron chi connectivity index (χ3n) is 5.58. The summed E-state index contributed by atoms with van der Waals surface area (Å²) >= 11 is 0. The van der Waals surface area contributed by atoms with Crippen molar-refractivity contribution in [3.63, 3.8) is 0 Å². The molecule has 0 unspecified atom stereocenters. The average molecular weight is 488 g/mol. The van der Waals surface area contributed by atoms with Crippen LogP contribution in [0.4, 0.5) is 5.69 Å². The Labute approximate surface area is 204 Å². The van der Waals surface area contributed by atoms with E-state index in [0.29, 0.717) is 18.7 Å². The Bertz CT molecular complexity index is 1080. The van der Waals surface area contributed by atoms with E-state index in [1.807, 2.05) is 77.1 Å². The summed E-state index contributed by atoms with van der Waals surface area (Å²) in [5, 5.41) is 2.92. The molecule has 8 heteroatoms. The van der Waals surface area contributed by atoms with Crippen LogP contribution in [-0.2, 0) is 26.2 Å². The first-order valence-electron chi connectivity index (χ1n) is 11.6. The summed E-state index contributed by atoms with van der Waals surface area (Å²) in [6.07, 6.45) is 1.50. The summed E-state index contributed by atoms with van der Waals surface area (Å²) in [6.45, 7) is 9.86. The number of anilines is 1. The largest absolute Gasteiger partial charge is 0.354 e. The molecular formula is C26H37N3O4S. The van der Waals surface area contributed by atoms with Crippen molar-refractivity contribution in [1.82, 2.24) is 10.2 Å². The van der Waals surface area contributed by atoms with Gasteiger partial charge in [0.25, 0.3) is 0 Å². The quantitative estimate of drug-likeness (QED) is 0.524. The van der Waals surface area contributed by atoms with E-state index >= 15 is 0 Å². The number of nitrogens with zero attached hydrogens (tertiary/aromatic N) is 2. The number of sulfonamides is 1. The van der Waals surface area contributed by atoms with Crippen LogP contribution >= 0.6 is 0 Å². The smallest absolute Gasteiger partial charge is 0.244 e. The molecule has 0 saturated heterocycles. The second-order valence-corrected chi connectivity index (χ2v) is 11.0. The molecular weight excluding hydrogens is 450 g/mol. The van der Waals surface area contributed by atoms with Gasteiger partial charge in [-0.1, -0.05) is 63.2 Å². The summed E-state index contributed by atoms with van der Waals surface area (Å²) in [6, 6.07) is 14.2. The first-order valence-corrected chi connectivity index (χ1v) is 13.4. The van der Waals surface area contributed by atoms with Gasteiger partial charge < -0.3 is 10.2 Å². The highest BCUT2D eigenvalue weighted by molar-refractivity contribution is 7.92. The van der Waals surface area contributed by atoms with Gasteiger partial charge in [0.05, 0.1) is 11.9 Å². The molecule has 186 valence electrons. The molecule has 2 aromatic carbocycles. The van der Waals surface area contributed by atoms with Gasteiger partial charge in [0.2, 0.25) is 21.8 Å².